The van der Waals surface area contributed by atoms with Crippen molar-refractivity contribution in [2.75, 3.05) is 4.90 Å². The number of benzene rings is 2. The number of anilines is 1. The van der Waals surface area contributed by atoms with Gasteiger partial charge >= 0.3 is 5.97 Å². The lowest BCUT2D eigenvalue weighted by Gasteiger charge is -2.38. The minimum atomic E-state index is -0.684. The van der Waals surface area contributed by atoms with Crippen molar-refractivity contribution in [2.45, 2.75) is 62.6 Å². The first-order chi connectivity index (χ1) is 19.3. The molecular formula is C28H23Cl2FN4O4S. The molecule has 1 saturated carbocycles. The summed E-state index contributed by atoms with van der Waals surface area (Å²) in [5, 5.41) is 5.64. The third-order valence-corrected chi connectivity index (χ3v) is 9.62. The number of carbonyl (C=O) groups excluding carboxylic acids is 2. The highest BCUT2D eigenvalue weighted by atomic mass is 35.5. The average molecular weight is 601 g/mol. The van der Waals surface area contributed by atoms with Crippen molar-refractivity contribution in [1.82, 2.24) is 10.1 Å². The maximum Gasteiger partial charge on any atom is 0.344 e. The molecule has 2 aliphatic heterocycles. The second kappa shape index (κ2) is 9.71. The fraction of sp³-hybridized carbons (Fsp3) is 0.357. The number of amides is 1. The van der Waals surface area contributed by atoms with Crippen LogP contribution in [0.25, 0.3) is 21.5 Å². The number of hydrogen-bond acceptors (Lipinski definition) is 8. The Hall–Kier alpha value is -3.21. The normalized spacial score (nSPS) is 22.2. The monoisotopic (exact) mass is 600 g/mol. The van der Waals surface area contributed by atoms with Gasteiger partial charge in [0.25, 0.3) is 0 Å². The van der Waals surface area contributed by atoms with Gasteiger partial charge in [-0.2, -0.15) is 0 Å². The van der Waals surface area contributed by atoms with E-state index in [9.17, 15) is 14.0 Å². The van der Waals surface area contributed by atoms with Crippen LogP contribution in [0.2, 0.25) is 10.0 Å². The molecule has 1 aliphatic carbocycles. The largest absolute Gasteiger partial charge is 0.458 e. The van der Waals surface area contributed by atoms with Gasteiger partial charge in [0.05, 0.1) is 14.7 Å². The molecule has 2 unspecified atom stereocenters. The highest BCUT2D eigenvalue weighted by molar-refractivity contribution is 7.22. The van der Waals surface area contributed by atoms with E-state index in [4.69, 9.17) is 38.2 Å². The Morgan fingerprint density at radius 3 is 2.45 bits per heavy atom. The third-order valence-electron chi connectivity index (χ3n) is 7.98. The molecule has 12 heteroatoms. The summed E-state index contributed by atoms with van der Waals surface area (Å²) in [5.41, 5.74) is 6.74. The lowest BCUT2D eigenvalue weighted by Crippen LogP contribution is -2.46. The number of primary amides is 1. The Balaban J connectivity index is 1.14. The van der Waals surface area contributed by atoms with Crippen LogP contribution in [0.1, 0.15) is 70.9 Å². The standard InChI is InChI=1S/C28H23Cl2FN4O4S/c29-17-2-1-3-18(30)21(17)24-22(25(39-34-24)12-4-5-12)27(37)38-16-10-14-6-7-15(11-16)35(14)28-33-23-19(31)8-13(26(32)36)9-20(23)40-28/h1-3,8-9,12,14-16H,4-7,10-11H2,(H2,32,36). The highest BCUT2D eigenvalue weighted by Gasteiger charge is 2.45. The topological polar surface area (TPSA) is 112 Å². The summed E-state index contributed by atoms with van der Waals surface area (Å²) < 4.78 is 27.0. The van der Waals surface area contributed by atoms with Crippen LogP contribution in [0, 0.1) is 5.82 Å². The molecule has 4 aromatic rings. The first-order valence-electron chi connectivity index (χ1n) is 13.1. The van der Waals surface area contributed by atoms with E-state index < -0.39 is 17.7 Å². The van der Waals surface area contributed by atoms with E-state index in [-0.39, 0.29) is 35.2 Å². The third kappa shape index (κ3) is 4.33. The number of piperidine rings is 1. The van der Waals surface area contributed by atoms with Crippen LogP contribution in [0.3, 0.4) is 0 Å². The molecule has 3 fully saturated rings. The summed E-state index contributed by atoms with van der Waals surface area (Å²) in [5.74, 6) is -1.11. The SMILES string of the molecule is NC(=O)c1cc(F)c2nc(N3C4CCC3CC(OC(=O)c3c(-c5c(Cl)cccc5Cl)noc3C3CC3)C4)sc2c1. The number of halogens is 3. The fourth-order valence-corrected chi connectivity index (χ4v) is 7.73. The zero-order chi connectivity index (χ0) is 27.7. The minimum absolute atomic E-state index is 0.0821. The Kier molecular flexibility index (Phi) is 6.25. The Bertz CT molecular complexity index is 1650. The van der Waals surface area contributed by atoms with E-state index in [0.717, 1.165) is 31.7 Å². The Morgan fingerprint density at radius 1 is 1.10 bits per heavy atom. The van der Waals surface area contributed by atoms with Gasteiger partial charge in [0.1, 0.15) is 22.9 Å². The summed E-state index contributed by atoms with van der Waals surface area (Å²) in [6, 6.07) is 7.99. The van der Waals surface area contributed by atoms with E-state index in [1.54, 1.807) is 24.3 Å². The summed E-state index contributed by atoms with van der Waals surface area (Å²) in [7, 11) is 0. The summed E-state index contributed by atoms with van der Waals surface area (Å²) >= 11 is 14.2. The molecule has 2 saturated heterocycles. The van der Waals surface area contributed by atoms with Gasteiger partial charge in [0.15, 0.2) is 16.7 Å². The van der Waals surface area contributed by atoms with Gasteiger partial charge in [-0.3, -0.25) is 4.79 Å². The molecular weight excluding hydrogens is 578 g/mol. The van der Waals surface area contributed by atoms with Crippen molar-refractivity contribution in [2.24, 2.45) is 5.73 Å². The second-order valence-electron chi connectivity index (χ2n) is 10.6. The quantitative estimate of drug-likeness (QED) is 0.244. The Morgan fingerprint density at radius 2 is 1.80 bits per heavy atom. The minimum Gasteiger partial charge on any atom is -0.458 e. The molecule has 0 radical (unpaired) electrons. The van der Waals surface area contributed by atoms with Gasteiger partial charge in [-0.25, -0.2) is 14.2 Å². The predicted octanol–water partition coefficient (Wildman–Crippen LogP) is 6.73. The van der Waals surface area contributed by atoms with Crippen LogP contribution in [0.4, 0.5) is 9.52 Å². The van der Waals surface area contributed by atoms with E-state index in [1.165, 1.54) is 11.3 Å². The molecule has 7 rings (SSSR count). The van der Waals surface area contributed by atoms with Crippen molar-refractivity contribution >= 4 is 61.8 Å². The first-order valence-corrected chi connectivity index (χ1v) is 14.7. The Labute approximate surface area is 242 Å². The molecule has 2 N–H and O–H groups in total. The van der Waals surface area contributed by atoms with Gasteiger partial charge in [0.2, 0.25) is 5.91 Å². The fourth-order valence-electron chi connectivity index (χ4n) is 5.99. The van der Waals surface area contributed by atoms with Crippen LogP contribution in [0.15, 0.2) is 34.9 Å². The number of fused-ring (bicyclic) bond motifs is 3. The van der Waals surface area contributed by atoms with Gasteiger partial charge in [-0.15, -0.1) is 0 Å². The maximum atomic E-state index is 14.7. The lowest BCUT2D eigenvalue weighted by atomic mass is 9.99. The van der Waals surface area contributed by atoms with Crippen LogP contribution >= 0.6 is 34.5 Å². The molecule has 40 heavy (non-hydrogen) atoms. The maximum absolute atomic E-state index is 14.7. The van der Waals surface area contributed by atoms with E-state index in [0.29, 0.717) is 55.3 Å². The number of nitrogens with zero attached hydrogens (tertiary/aromatic N) is 3. The van der Waals surface area contributed by atoms with E-state index in [2.05, 4.69) is 15.0 Å². The number of thiazole rings is 1. The molecule has 1 amide bonds. The predicted molar refractivity (Wildman–Crippen MR) is 150 cm³/mol. The first kappa shape index (κ1) is 25.7. The molecule has 3 aliphatic rings. The lowest BCUT2D eigenvalue weighted by molar-refractivity contribution is 0.0202. The zero-order valence-electron chi connectivity index (χ0n) is 21.0. The average Bonchev–Trinajstić information content (AvgIpc) is 3.41. The second-order valence-corrected chi connectivity index (χ2v) is 12.4. The molecule has 0 spiro atoms. The number of hydrogen-bond donors (Lipinski definition) is 1. The van der Waals surface area contributed by atoms with E-state index >= 15 is 0 Å². The molecule has 2 bridgehead atoms. The van der Waals surface area contributed by atoms with Crippen LogP contribution < -0.4 is 10.6 Å². The van der Waals surface area contributed by atoms with E-state index in [1.807, 2.05) is 0 Å². The highest BCUT2D eigenvalue weighted by Crippen LogP contribution is 2.47. The number of aromatic nitrogens is 2. The molecule has 2 atom stereocenters. The van der Waals surface area contributed by atoms with Crippen molar-refractivity contribution in [3.63, 3.8) is 0 Å². The summed E-state index contributed by atoms with van der Waals surface area (Å²) in [4.78, 5) is 32.0. The smallest absolute Gasteiger partial charge is 0.344 e. The van der Waals surface area contributed by atoms with Crippen LogP contribution in [0.5, 0.6) is 0 Å². The number of carbonyl (C=O) groups is 2. The number of rotatable bonds is 6. The van der Waals surface area contributed by atoms with Gasteiger partial charge < -0.3 is 19.9 Å². The molecule has 206 valence electrons. The zero-order valence-corrected chi connectivity index (χ0v) is 23.4. The van der Waals surface area contributed by atoms with Gasteiger partial charge in [-0.1, -0.05) is 45.8 Å². The molecule has 4 heterocycles. The molecule has 2 aromatic carbocycles. The molecule has 2 aromatic heterocycles. The van der Waals surface area contributed by atoms with Crippen molar-refractivity contribution < 1.29 is 23.2 Å². The van der Waals surface area contributed by atoms with Crippen molar-refractivity contribution in [3.05, 3.63) is 63.1 Å². The van der Waals surface area contributed by atoms with Crippen molar-refractivity contribution in [1.29, 1.82) is 0 Å². The van der Waals surface area contributed by atoms with Gasteiger partial charge in [-0.05, 0) is 49.9 Å². The summed E-state index contributed by atoms with van der Waals surface area (Å²) in [6.07, 6.45) is 4.55. The van der Waals surface area contributed by atoms with Crippen LogP contribution in [-0.4, -0.2) is 40.2 Å². The summed E-state index contributed by atoms with van der Waals surface area (Å²) in [6.45, 7) is 0. The number of ether oxygens (including phenoxy) is 1. The van der Waals surface area contributed by atoms with Crippen LogP contribution in [-0.2, 0) is 4.74 Å². The van der Waals surface area contributed by atoms with Crippen molar-refractivity contribution in [3.8, 4) is 11.3 Å². The molecule has 8 nitrogen and oxygen atoms in total. The number of nitrogens with two attached hydrogens (primary N) is 1. The number of esters is 1. The van der Waals surface area contributed by atoms with Gasteiger partial charge in [0, 0.05) is 42.0 Å².